The highest BCUT2D eigenvalue weighted by molar-refractivity contribution is 5.56. The number of aromatic hydroxyl groups is 1. The number of hydrogen-bond acceptors (Lipinski definition) is 8. The van der Waals surface area contributed by atoms with Gasteiger partial charge < -0.3 is 10.1 Å². The third-order valence-electron chi connectivity index (χ3n) is 3.58. The second-order valence-corrected chi connectivity index (χ2v) is 6.03. The molecule has 1 saturated carbocycles. The predicted molar refractivity (Wildman–Crippen MR) is 88.5 cm³/mol. The molecule has 3 aromatic rings. The maximum Gasteiger partial charge on any atom is 0.326 e. The van der Waals surface area contributed by atoms with Crippen molar-refractivity contribution < 1.29 is 5.11 Å². The number of H-pyrrole nitrogens is 2. The van der Waals surface area contributed by atoms with Gasteiger partial charge in [0.15, 0.2) is 5.65 Å². The van der Waals surface area contributed by atoms with E-state index in [1.807, 2.05) is 14.1 Å². The van der Waals surface area contributed by atoms with Crippen LogP contribution in [0.2, 0.25) is 0 Å². The predicted octanol–water partition coefficient (Wildman–Crippen LogP) is -1.65. The number of aromatic nitrogens is 6. The molecule has 3 aromatic heterocycles. The summed E-state index contributed by atoms with van der Waals surface area (Å²) in [4.78, 5) is 29.5. The minimum absolute atomic E-state index is 0.243. The Morgan fingerprint density at radius 3 is 2.84 bits per heavy atom. The van der Waals surface area contributed by atoms with Crippen LogP contribution in [-0.2, 0) is 0 Å². The second kappa shape index (κ2) is 5.70. The van der Waals surface area contributed by atoms with E-state index in [4.69, 9.17) is 0 Å². The summed E-state index contributed by atoms with van der Waals surface area (Å²) < 4.78 is 1.55. The summed E-state index contributed by atoms with van der Waals surface area (Å²) in [5.41, 5.74) is 3.75. The smallest absolute Gasteiger partial charge is 0.326 e. The van der Waals surface area contributed by atoms with Crippen molar-refractivity contribution in [2.24, 2.45) is 4.99 Å². The van der Waals surface area contributed by atoms with Gasteiger partial charge in [0.2, 0.25) is 11.8 Å². The average Bonchev–Trinajstić information content (AvgIpc) is 3.17. The largest absolute Gasteiger partial charge is 0.493 e. The minimum atomic E-state index is -0.491. The summed E-state index contributed by atoms with van der Waals surface area (Å²) in [6, 6.07) is 0.270. The lowest BCUT2D eigenvalue weighted by Crippen LogP contribution is -2.28. The van der Waals surface area contributed by atoms with Gasteiger partial charge in [-0.15, -0.1) is 0 Å². The normalized spacial score (nSPS) is 16.3. The number of hydrazine groups is 1. The van der Waals surface area contributed by atoms with Crippen LogP contribution in [0.5, 0.6) is 5.88 Å². The highest BCUT2D eigenvalue weighted by Crippen LogP contribution is 2.22. The van der Waals surface area contributed by atoms with Crippen LogP contribution in [0.1, 0.15) is 18.5 Å². The average molecular weight is 343 g/mol. The van der Waals surface area contributed by atoms with Crippen molar-refractivity contribution >= 4 is 17.7 Å². The first-order chi connectivity index (χ1) is 12.0. The molecule has 0 aliphatic heterocycles. The zero-order valence-electron chi connectivity index (χ0n) is 13.7. The molecule has 0 atom stereocenters. The molecule has 11 nitrogen and oxygen atoms in total. The highest BCUT2D eigenvalue weighted by atomic mass is 16.3. The lowest BCUT2D eigenvalue weighted by atomic mass is 10.3. The fourth-order valence-electron chi connectivity index (χ4n) is 2.33. The molecule has 11 heteroatoms. The van der Waals surface area contributed by atoms with Crippen LogP contribution in [0.3, 0.4) is 0 Å². The number of nitrogens with one attached hydrogen (secondary N) is 3. The first kappa shape index (κ1) is 15.3. The summed E-state index contributed by atoms with van der Waals surface area (Å²) in [5, 5.41) is 16.4. The molecule has 3 heterocycles. The number of fused-ring (bicyclic) bond motifs is 1. The first-order valence-corrected chi connectivity index (χ1v) is 7.76. The molecule has 130 valence electrons. The molecule has 0 spiro atoms. The Kier molecular flexibility index (Phi) is 3.50. The first-order valence-electron chi connectivity index (χ1n) is 7.76. The van der Waals surface area contributed by atoms with Crippen LogP contribution in [-0.4, -0.2) is 59.8 Å². The second-order valence-electron chi connectivity index (χ2n) is 6.03. The van der Waals surface area contributed by atoms with Gasteiger partial charge >= 0.3 is 5.69 Å². The van der Waals surface area contributed by atoms with Gasteiger partial charge in [0.05, 0.1) is 12.2 Å². The Balaban J connectivity index is 1.94. The minimum Gasteiger partial charge on any atom is -0.493 e. The van der Waals surface area contributed by atoms with E-state index in [1.165, 1.54) is 0 Å². The molecule has 0 radical (unpaired) electrons. The molecule has 4 N–H and O–H groups in total. The van der Waals surface area contributed by atoms with Gasteiger partial charge in [-0.3, -0.25) is 10.4 Å². The molecular weight excluding hydrogens is 326 g/mol. The van der Waals surface area contributed by atoms with Crippen LogP contribution in [0.4, 0.5) is 5.95 Å². The van der Waals surface area contributed by atoms with E-state index in [0.29, 0.717) is 22.4 Å². The lowest BCUT2D eigenvalue weighted by Gasteiger charge is -2.11. The zero-order chi connectivity index (χ0) is 17.6. The van der Waals surface area contributed by atoms with Crippen LogP contribution in [0.15, 0.2) is 16.0 Å². The monoisotopic (exact) mass is 343 g/mol. The summed E-state index contributed by atoms with van der Waals surface area (Å²) in [7, 11) is 3.66. The summed E-state index contributed by atoms with van der Waals surface area (Å²) in [6.07, 6.45) is 5.25. The lowest BCUT2D eigenvalue weighted by molar-refractivity contribution is 0.454. The Morgan fingerprint density at radius 1 is 1.40 bits per heavy atom. The fraction of sp³-hybridized carbons (Fsp3) is 0.357. The Hall–Kier alpha value is -3.21. The van der Waals surface area contributed by atoms with Crippen LogP contribution in [0, 0.1) is 0 Å². The van der Waals surface area contributed by atoms with E-state index in [9.17, 15) is 9.90 Å². The molecule has 1 aliphatic rings. The van der Waals surface area contributed by atoms with Crippen molar-refractivity contribution in [3.05, 3.63) is 33.2 Å². The van der Waals surface area contributed by atoms with Crippen molar-refractivity contribution in [2.45, 2.75) is 18.9 Å². The molecule has 0 amide bonds. The SMILES string of the molecule is CN(C)Nc1nc(=NC2CC2)n2nc/c(=C/c3[nH]c(=O)[nH]c3O)c2n1. The number of aromatic amines is 2. The highest BCUT2D eigenvalue weighted by Gasteiger charge is 2.21. The molecule has 4 rings (SSSR count). The fourth-order valence-corrected chi connectivity index (χ4v) is 2.33. The van der Waals surface area contributed by atoms with E-state index in [0.717, 1.165) is 12.8 Å². The van der Waals surface area contributed by atoms with Crippen LogP contribution >= 0.6 is 0 Å². The summed E-state index contributed by atoms with van der Waals surface area (Å²) in [6.45, 7) is 0. The maximum atomic E-state index is 11.3. The third-order valence-corrected chi connectivity index (χ3v) is 3.58. The van der Waals surface area contributed by atoms with Gasteiger partial charge in [-0.05, 0) is 18.9 Å². The Morgan fingerprint density at radius 2 is 2.20 bits per heavy atom. The Labute approximate surface area is 140 Å². The van der Waals surface area contributed by atoms with Gasteiger partial charge in [0, 0.05) is 19.3 Å². The zero-order valence-corrected chi connectivity index (χ0v) is 13.7. The van der Waals surface area contributed by atoms with Crippen molar-refractivity contribution in [1.29, 1.82) is 0 Å². The quantitative estimate of drug-likeness (QED) is 0.416. The molecule has 0 saturated heterocycles. The van der Waals surface area contributed by atoms with E-state index in [-0.39, 0.29) is 17.6 Å². The molecule has 0 aromatic carbocycles. The van der Waals surface area contributed by atoms with Crippen molar-refractivity contribution in [2.75, 3.05) is 19.5 Å². The standard InChI is InChI=1S/C14H17N9O2/c1-22(2)21-12-18-10-7(5-9-11(24)19-14(25)17-9)6-15-23(10)13(20-12)16-8-3-4-8/h5-6,8,24H,3-4H2,1-2H3,(H,16,20,21)(H2,17,19,25)/b7-5-. The third kappa shape index (κ3) is 3.08. The van der Waals surface area contributed by atoms with Crippen molar-refractivity contribution in [3.8, 4) is 5.88 Å². The van der Waals surface area contributed by atoms with E-state index < -0.39 is 5.69 Å². The molecule has 0 bridgehead atoms. The van der Waals surface area contributed by atoms with Gasteiger partial charge in [0.25, 0.3) is 5.62 Å². The number of hydrogen-bond donors (Lipinski definition) is 4. The summed E-state index contributed by atoms with van der Waals surface area (Å²) in [5.74, 6) is 0.145. The van der Waals surface area contributed by atoms with E-state index in [2.05, 4.69) is 35.5 Å². The Bertz CT molecular complexity index is 1100. The number of anilines is 1. The van der Waals surface area contributed by atoms with Gasteiger partial charge in [-0.25, -0.2) is 14.8 Å². The van der Waals surface area contributed by atoms with Gasteiger partial charge in [-0.2, -0.15) is 19.6 Å². The summed E-state index contributed by atoms with van der Waals surface area (Å²) >= 11 is 0. The molecule has 1 fully saturated rings. The molecule has 0 unspecified atom stereocenters. The van der Waals surface area contributed by atoms with Gasteiger partial charge in [0.1, 0.15) is 5.69 Å². The maximum absolute atomic E-state index is 11.3. The number of rotatable bonds is 4. The van der Waals surface area contributed by atoms with Crippen molar-refractivity contribution in [3.63, 3.8) is 0 Å². The molecule has 1 aliphatic carbocycles. The van der Waals surface area contributed by atoms with E-state index >= 15 is 0 Å². The molecule has 25 heavy (non-hydrogen) atoms. The van der Waals surface area contributed by atoms with Gasteiger partial charge in [-0.1, -0.05) is 0 Å². The number of nitrogens with zero attached hydrogens (tertiary/aromatic N) is 6. The molecular formula is C14H17N9O2. The topological polar surface area (TPSA) is 140 Å². The van der Waals surface area contributed by atoms with Crippen LogP contribution < -0.4 is 22.0 Å². The van der Waals surface area contributed by atoms with E-state index in [1.54, 1.807) is 21.8 Å². The van der Waals surface area contributed by atoms with Crippen LogP contribution in [0.25, 0.3) is 11.7 Å². The van der Waals surface area contributed by atoms with Crippen molar-refractivity contribution in [1.82, 2.24) is 34.6 Å². The number of imidazole rings is 1.